The van der Waals surface area contributed by atoms with Gasteiger partial charge in [-0.05, 0) is 159 Å². The molecule has 8 aromatic rings. The van der Waals surface area contributed by atoms with Crippen molar-refractivity contribution in [3.8, 4) is 5.75 Å². The molecule has 2 aliphatic heterocycles. The van der Waals surface area contributed by atoms with Crippen LogP contribution in [0.1, 0.15) is 98.9 Å². The molecule has 8 aromatic carbocycles. The normalized spacial score (nSPS) is 12.1. The number of nitrogens with one attached hydrogen (secondary N) is 1. The second-order valence-electron chi connectivity index (χ2n) is 23.0. The van der Waals surface area contributed by atoms with E-state index in [-0.39, 0.29) is 12.1 Å². The van der Waals surface area contributed by atoms with Crippen LogP contribution in [0, 0.1) is 11.8 Å². The molecule has 0 saturated heterocycles. The Labute approximate surface area is 546 Å². The Kier molecular flexibility index (Phi) is 41.6. The second-order valence-corrected chi connectivity index (χ2v) is 23.0. The Hall–Kier alpha value is -7.85. The van der Waals surface area contributed by atoms with Crippen LogP contribution in [0.25, 0.3) is 10.8 Å². The van der Waals surface area contributed by atoms with Gasteiger partial charge in [-0.15, -0.1) is 0 Å². The fourth-order valence-electron chi connectivity index (χ4n) is 8.94. The van der Waals surface area contributed by atoms with Crippen LogP contribution in [0.4, 0.5) is 0 Å². The second kappa shape index (κ2) is 48.9. The Morgan fingerprint density at radius 2 is 1.09 bits per heavy atom. The van der Waals surface area contributed by atoms with E-state index in [4.69, 9.17) is 43.2 Å². The molecule has 1 atom stereocenters. The number of aromatic hydroxyl groups is 1. The van der Waals surface area contributed by atoms with Crippen molar-refractivity contribution in [1.29, 1.82) is 0 Å². The summed E-state index contributed by atoms with van der Waals surface area (Å²) in [7, 11) is 4.12. The smallest absolute Gasteiger partial charge is 0.323 e. The molecule has 13 nitrogen and oxygen atoms in total. The van der Waals surface area contributed by atoms with Crippen molar-refractivity contribution in [2.75, 3.05) is 79.7 Å². The van der Waals surface area contributed by atoms with Crippen molar-refractivity contribution >= 4 is 28.3 Å². The molecule has 0 aliphatic carbocycles. The van der Waals surface area contributed by atoms with Gasteiger partial charge in [0.1, 0.15) is 23.7 Å². The van der Waals surface area contributed by atoms with Crippen LogP contribution in [-0.2, 0) is 46.4 Å². The fraction of sp³-hybridized carbons (Fsp3) is 0.372. The molecule has 0 amide bonds. The molecule has 0 radical (unpaired) electrons. The van der Waals surface area contributed by atoms with Crippen LogP contribution in [0.2, 0.25) is 0 Å². The standard InChI is InChI=1S/C17H21NO.C14H14N2.C11H15NO2.C11H13N.C8H11NO.C8H11N.C5H13N.C4H11N/c1-18(2)13-14-19-17(15-9-5-3-6-10-15)16-11-7-4-8-12-16;1-2-7-13-11(4-1)5-3-6-12(13)10-14-15-8-9-16-14;1-2-14-11(13)10(12)8-9-6-4-3-5-7-9;1-2-5-10(6-3-1)9-11-7-4-8-12-11;9-6-5-7-1-3-8(10)4-2-7;9-7-6-8-4-2-1-3-5-8;1-5(2)3-4-6;1-4(2)3-5/h3-12,17H,13-14H2,1-2H3;1-7H,8-10H2,(H,15,16);3-7,10H,2,8,12H2,1H3;1-3,5-6H,4,7-9H2;1-4,10H,5-6,9H2;1-5H,6-7,9H2;5H,3-4,6H2,1-2H3;4H,3,5H2,1-2H3. The number of phenolic OH excluding ortho intramolecular Hbond substituents is 1. The molecule has 1 unspecified atom stereocenters. The van der Waals surface area contributed by atoms with E-state index in [2.05, 4.69) is 195 Å². The monoisotopic (exact) mass is 1240 g/mol. The molecule has 490 valence electrons. The lowest BCUT2D eigenvalue weighted by atomic mass is 10.0. The predicted octanol–water partition coefficient (Wildman–Crippen LogP) is 13.0. The number of phenols is 1. The number of nitrogens with zero attached hydrogens (tertiary/aromatic N) is 3. The van der Waals surface area contributed by atoms with E-state index < -0.39 is 6.04 Å². The molecule has 2 aliphatic rings. The lowest BCUT2D eigenvalue weighted by Crippen LogP contribution is -2.34. The summed E-state index contributed by atoms with van der Waals surface area (Å²) in [4.78, 5) is 22.2. The molecule has 12 N–H and O–H groups in total. The summed E-state index contributed by atoms with van der Waals surface area (Å²) in [5.74, 6) is 2.53. The first kappa shape index (κ1) is 77.4. The highest BCUT2D eigenvalue weighted by Crippen LogP contribution is 2.26. The van der Waals surface area contributed by atoms with Crippen molar-refractivity contribution in [1.82, 2.24) is 10.2 Å². The van der Waals surface area contributed by atoms with Crippen LogP contribution in [-0.4, -0.2) is 113 Å². The molecule has 13 heteroatoms. The third kappa shape index (κ3) is 36.0. The number of ether oxygens (including phenoxy) is 2. The maximum Gasteiger partial charge on any atom is 0.323 e. The zero-order valence-corrected chi connectivity index (χ0v) is 55.7. The van der Waals surface area contributed by atoms with Crippen molar-refractivity contribution in [3.05, 3.63) is 257 Å². The number of likely N-dealkylation sites (N-methyl/N-ethyl adjacent to an activating group) is 1. The van der Waals surface area contributed by atoms with Gasteiger partial charge in [-0.25, -0.2) is 0 Å². The van der Waals surface area contributed by atoms with Crippen LogP contribution in [0.5, 0.6) is 5.75 Å². The minimum absolute atomic E-state index is 0.0161. The minimum atomic E-state index is -0.558. The van der Waals surface area contributed by atoms with Crippen molar-refractivity contribution in [2.45, 2.75) is 98.1 Å². The van der Waals surface area contributed by atoms with Gasteiger partial charge in [-0.2, -0.15) is 0 Å². The molecule has 0 bridgehead atoms. The molecular weight excluding hydrogens is 1130 g/mol. The number of aliphatic imine (C=N–C) groups is 2. The topological polar surface area (TPSA) is 226 Å². The number of fused-ring (bicyclic) bond motifs is 1. The number of nitrogens with two attached hydrogens (primary N) is 5. The third-order valence-corrected chi connectivity index (χ3v) is 14.0. The Balaban J connectivity index is 0.000000280. The van der Waals surface area contributed by atoms with E-state index in [9.17, 15) is 4.79 Å². The summed E-state index contributed by atoms with van der Waals surface area (Å²) in [5, 5.41) is 14.9. The summed E-state index contributed by atoms with van der Waals surface area (Å²) in [6.07, 6.45) is 7.99. The highest BCUT2D eigenvalue weighted by Gasteiger charge is 2.16. The van der Waals surface area contributed by atoms with Crippen LogP contribution < -0.4 is 34.0 Å². The van der Waals surface area contributed by atoms with Crippen LogP contribution >= 0.6 is 0 Å². The van der Waals surface area contributed by atoms with Gasteiger partial charge in [0.25, 0.3) is 0 Å². The maximum absolute atomic E-state index is 11.2. The van der Waals surface area contributed by atoms with Crippen molar-refractivity contribution in [2.24, 2.45) is 50.5 Å². The Morgan fingerprint density at radius 3 is 1.55 bits per heavy atom. The first-order valence-electron chi connectivity index (χ1n) is 32.4. The quantitative estimate of drug-likeness (QED) is 0.0335. The van der Waals surface area contributed by atoms with E-state index >= 15 is 0 Å². The van der Waals surface area contributed by atoms with Crippen molar-refractivity contribution in [3.63, 3.8) is 0 Å². The summed E-state index contributed by atoms with van der Waals surface area (Å²) in [6, 6.07) is 72.8. The first-order chi connectivity index (χ1) is 44.2. The highest BCUT2D eigenvalue weighted by molar-refractivity contribution is 5.92. The number of rotatable bonds is 21. The van der Waals surface area contributed by atoms with Gasteiger partial charge in [-0.1, -0.05) is 234 Å². The summed E-state index contributed by atoms with van der Waals surface area (Å²) < 4.78 is 10.9. The van der Waals surface area contributed by atoms with Crippen LogP contribution in [0.3, 0.4) is 0 Å². The lowest BCUT2D eigenvalue weighted by molar-refractivity contribution is -0.144. The van der Waals surface area contributed by atoms with Gasteiger partial charge in [0, 0.05) is 38.2 Å². The highest BCUT2D eigenvalue weighted by atomic mass is 16.5. The minimum Gasteiger partial charge on any atom is -0.508 e. The molecule has 0 spiro atoms. The molecule has 0 saturated carbocycles. The average molecular weight is 1240 g/mol. The number of hydrogen-bond acceptors (Lipinski definition) is 13. The van der Waals surface area contributed by atoms with Crippen LogP contribution in [0.15, 0.2) is 228 Å². The largest absolute Gasteiger partial charge is 0.508 e. The predicted molar refractivity (Wildman–Crippen MR) is 386 cm³/mol. The van der Waals surface area contributed by atoms with Crippen molar-refractivity contribution < 1.29 is 19.4 Å². The van der Waals surface area contributed by atoms with Gasteiger partial charge in [0.2, 0.25) is 0 Å². The Morgan fingerprint density at radius 1 is 0.582 bits per heavy atom. The van der Waals surface area contributed by atoms with E-state index in [1.54, 1.807) is 19.1 Å². The number of carbonyl (C=O) groups is 1. The number of benzene rings is 8. The van der Waals surface area contributed by atoms with Gasteiger partial charge in [0.15, 0.2) is 0 Å². The zero-order chi connectivity index (χ0) is 66.1. The fourth-order valence-corrected chi connectivity index (χ4v) is 8.94. The summed E-state index contributed by atoms with van der Waals surface area (Å²) in [5.41, 5.74) is 36.8. The maximum atomic E-state index is 11.2. The van der Waals surface area contributed by atoms with Gasteiger partial charge < -0.3 is 53.5 Å². The third-order valence-electron chi connectivity index (χ3n) is 14.0. The van der Waals surface area contributed by atoms with E-state index in [0.29, 0.717) is 31.2 Å². The van der Waals surface area contributed by atoms with E-state index in [1.165, 1.54) is 62.7 Å². The molecular formula is C78H109N9O4. The summed E-state index contributed by atoms with van der Waals surface area (Å²) >= 11 is 0. The number of carbonyl (C=O) groups excluding carboxylic acids is 1. The molecule has 0 fully saturated rings. The van der Waals surface area contributed by atoms with E-state index in [0.717, 1.165) is 102 Å². The van der Waals surface area contributed by atoms with E-state index in [1.807, 2.05) is 72.8 Å². The van der Waals surface area contributed by atoms with Gasteiger partial charge in [-0.3, -0.25) is 14.8 Å². The molecule has 2 heterocycles. The molecule has 10 rings (SSSR count). The molecule has 0 aromatic heterocycles. The summed E-state index contributed by atoms with van der Waals surface area (Å²) in [6.45, 7) is 18.3. The number of amidine groups is 1. The lowest BCUT2D eigenvalue weighted by Gasteiger charge is -2.20. The van der Waals surface area contributed by atoms with Gasteiger partial charge >= 0.3 is 5.97 Å². The Bertz CT molecular complexity index is 3070. The number of esters is 1. The zero-order valence-electron chi connectivity index (χ0n) is 55.7. The SMILES string of the molecule is CC(C)CCN.CC(C)CN.CCOC(=O)C(N)Cc1ccccc1.CN(C)CCOC(c1ccccc1)c1ccccc1.NCCc1ccc(O)cc1.NCCc1ccccc1.c1ccc(CC2=NCCC2)cc1.c1ccc2c(CC3=NCCN3)cccc2c1. The molecule has 91 heavy (non-hydrogen) atoms. The number of hydrogen-bond donors (Lipinski definition) is 7. The average Bonchev–Trinajstić information content (AvgIpc) is 2.03. The first-order valence-corrected chi connectivity index (χ1v) is 32.4. The van der Waals surface area contributed by atoms with Gasteiger partial charge in [0.05, 0.1) is 19.8 Å².